The third-order valence-corrected chi connectivity index (χ3v) is 3.54. The predicted molar refractivity (Wildman–Crippen MR) is 88.7 cm³/mol. The highest BCUT2D eigenvalue weighted by atomic mass is 35.5. The lowest BCUT2D eigenvalue weighted by molar-refractivity contribution is 0.0695. The molecule has 0 radical (unpaired) electrons. The Balaban J connectivity index is 2.33. The molecular formula is C17H16ClNO4. The number of amides is 1. The van der Waals surface area contributed by atoms with Crippen molar-refractivity contribution in [1.82, 2.24) is 0 Å². The first kappa shape index (κ1) is 16.8. The lowest BCUT2D eigenvalue weighted by Crippen LogP contribution is -2.15. The maximum Gasteiger partial charge on any atom is 0.336 e. The summed E-state index contributed by atoms with van der Waals surface area (Å²) in [6.07, 6.45) is 0. The Labute approximate surface area is 138 Å². The lowest BCUT2D eigenvalue weighted by atomic mass is 10.1. The summed E-state index contributed by atoms with van der Waals surface area (Å²) in [6.45, 7) is 3.85. The van der Waals surface area contributed by atoms with Crippen LogP contribution in [-0.2, 0) is 0 Å². The van der Waals surface area contributed by atoms with Crippen molar-refractivity contribution in [2.75, 3.05) is 11.9 Å². The summed E-state index contributed by atoms with van der Waals surface area (Å²) >= 11 is 5.92. The number of aromatic carboxylic acids is 1. The molecule has 2 aromatic carbocycles. The van der Waals surface area contributed by atoms with Crippen molar-refractivity contribution in [3.05, 3.63) is 58.1 Å². The van der Waals surface area contributed by atoms with Gasteiger partial charge in [0.05, 0.1) is 17.7 Å². The second-order valence-corrected chi connectivity index (χ2v) is 5.25. The Morgan fingerprint density at radius 3 is 2.61 bits per heavy atom. The fourth-order valence-electron chi connectivity index (χ4n) is 2.15. The highest BCUT2D eigenvalue weighted by Gasteiger charge is 2.16. The van der Waals surface area contributed by atoms with Crippen LogP contribution in [0.5, 0.6) is 5.75 Å². The zero-order valence-corrected chi connectivity index (χ0v) is 13.5. The zero-order chi connectivity index (χ0) is 17.0. The molecule has 6 heteroatoms. The Bertz CT molecular complexity index is 758. The van der Waals surface area contributed by atoms with E-state index in [1.165, 1.54) is 6.07 Å². The third kappa shape index (κ3) is 3.81. The van der Waals surface area contributed by atoms with Crippen LogP contribution in [0, 0.1) is 6.92 Å². The minimum atomic E-state index is -1.04. The van der Waals surface area contributed by atoms with E-state index >= 15 is 0 Å². The molecule has 0 bridgehead atoms. The van der Waals surface area contributed by atoms with Crippen LogP contribution in [0.3, 0.4) is 0 Å². The molecule has 2 aromatic rings. The predicted octanol–water partition coefficient (Wildman–Crippen LogP) is 4.00. The standard InChI is InChI=1S/C17H16ClNO4/c1-3-23-15-9-11(18)7-8-13(15)16(20)19-14-6-4-5-12(10(14)2)17(21)22/h4-9H,3H2,1-2H3,(H,19,20)(H,21,22). The van der Waals surface area contributed by atoms with Gasteiger partial charge < -0.3 is 15.2 Å². The quantitative estimate of drug-likeness (QED) is 0.867. The molecule has 23 heavy (non-hydrogen) atoms. The van der Waals surface area contributed by atoms with Crippen molar-refractivity contribution in [2.45, 2.75) is 13.8 Å². The van der Waals surface area contributed by atoms with Crippen molar-refractivity contribution in [2.24, 2.45) is 0 Å². The maximum absolute atomic E-state index is 12.5. The number of rotatable bonds is 5. The number of carboxylic acids is 1. The molecule has 2 rings (SSSR count). The van der Waals surface area contributed by atoms with E-state index in [1.807, 2.05) is 6.92 Å². The number of benzene rings is 2. The third-order valence-electron chi connectivity index (χ3n) is 3.30. The van der Waals surface area contributed by atoms with Crippen LogP contribution in [0.2, 0.25) is 5.02 Å². The van der Waals surface area contributed by atoms with Gasteiger partial charge in [-0.05, 0) is 49.7 Å². The largest absolute Gasteiger partial charge is 0.493 e. The molecule has 0 spiro atoms. The summed E-state index contributed by atoms with van der Waals surface area (Å²) in [5.74, 6) is -1.06. The van der Waals surface area contributed by atoms with Crippen molar-refractivity contribution < 1.29 is 19.4 Å². The monoisotopic (exact) mass is 333 g/mol. The molecule has 5 nitrogen and oxygen atoms in total. The molecule has 0 saturated carbocycles. The Morgan fingerprint density at radius 2 is 1.96 bits per heavy atom. The summed E-state index contributed by atoms with van der Waals surface area (Å²) in [7, 11) is 0. The van der Waals surface area contributed by atoms with Crippen LogP contribution in [0.15, 0.2) is 36.4 Å². The molecule has 2 N–H and O–H groups in total. The zero-order valence-electron chi connectivity index (χ0n) is 12.7. The van der Waals surface area contributed by atoms with E-state index in [-0.39, 0.29) is 5.56 Å². The van der Waals surface area contributed by atoms with Crippen molar-refractivity contribution in [1.29, 1.82) is 0 Å². The normalized spacial score (nSPS) is 10.2. The van der Waals surface area contributed by atoms with E-state index in [2.05, 4.69) is 5.32 Å². The van der Waals surface area contributed by atoms with Gasteiger partial charge in [-0.15, -0.1) is 0 Å². The van der Waals surface area contributed by atoms with Gasteiger partial charge in [-0.1, -0.05) is 17.7 Å². The summed E-state index contributed by atoms with van der Waals surface area (Å²) in [5.41, 5.74) is 1.40. The second kappa shape index (κ2) is 7.15. The van der Waals surface area contributed by atoms with E-state index in [9.17, 15) is 9.59 Å². The van der Waals surface area contributed by atoms with Crippen LogP contribution < -0.4 is 10.1 Å². The SMILES string of the molecule is CCOc1cc(Cl)ccc1C(=O)Nc1cccc(C(=O)O)c1C. The van der Waals surface area contributed by atoms with Crippen LogP contribution >= 0.6 is 11.6 Å². The van der Waals surface area contributed by atoms with E-state index in [4.69, 9.17) is 21.4 Å². The van der Waals surface area contributed by atoms with Crippen LogP contribution in [0.1, 0.15) is 33.2 Å². The van der Waals surface area contributed by atoms with Crippen molar-refractivity contribution in [3.63, 3.8) is 0 Å². The summed E-state index contributed by atoms with van der Waals surface area (Å²) in [4.78, 5) is 23.6. The molecule has 0 atom stereocenters. The van der Waals surface area contributed by atoms with Gasteiger partial charge in [0.15, 0.2) is 0 Å². The Morgan fingerprint density at radius 1 is 1.22 bits per heavy atom. The molecule has 0 fully saturated rings. The average Bonchev–Trinajstić information content (AvgIpc) is 2.49. The number of carbonyl (C=O) groups excluding carboxylic acids is 1. The van der Waals surface area contributed by atoms with Crippen LogP contribution in [-0.4, -0.2) is 23.6 Å². The first-order valence-corrected chi connectivity index (χ1v) is 7.38. The molecule has 0 aliphatic carbocycles. The van der Waals surface area contributed by atoms with Gasteiger partial charge in [-0.3, -0.25) is 4.79 Å². The van der Waals surface area contributed by atoms with E-state index in [1.54, 1.807) is 37.3 Å². The fraction of sp³-hybridized carbons (Fsp3) is 0.176. The molecule has 0 unspecified atom stereocenters. The van der Waals surface area contributed by atoms with Gasteiger partial charge in [0.1, 0.15) is 5.75 Å². The number of carboxylic acid groups (broad SMARTS) is 1. The number of anilines is 1. The molecule has 120 valence electrons. The molecule has 0 saturated heterocycles. The number of ether oxygens (including phenoxy) is 1. The van der Waals surface area contributed by atoms with Gasteiger partial charge in [-0.2, -0.15) is 0 Å². The molecular weight excluding hydrogens is 318 g/mol. The molecule has 1 amide bonds. The number of halogens is 1. The minimum Gasteiger partial charge on any atom is -0.493 e. The first-order valence-electron chi connectivity index (χ1n) is 7.00. The fourth-order valence-corrected chi connectivity index (χ4v) is 2.31. The Kier molecular flexibility index (Phi) is 5.24. The van der Waals surface area contributed by atoms with Gasteiger partial charge in [0.2, 0.25) is 0 Å². The first-order chi connectivity index (χ1) is 10.9. The summed E-state index contributed by atoms with van der Waals surface area (Å²) in [5, 5.41) is 12.3. The maximum atomic E-state index is 12.5. The van der Waals surface area contributed by atoms with Gasteiger partial charge in [-0.25, -0.2) is 4.79 Å². The molecule has 0 heterocycles. The number of nitrogens with one attached hydrogen (secondary N) is 1. The van der Waals surface area contributed by atoms with E-state index in [0.717, 1.165) is 0 Å². The van der Waals surface area contributed by atoms with Gasteiger partial charge in [0.25, 0.3) is 5.91 Å². The lowest BCUT2D eigenvalue weighted by Gasteiger charge is -2.13. The molecule has 0 aliphatic rings. The van der Waals surface area contributed by atoms with Crippen LogP contribution in [0.25, 0.3) is 0 Å². The van der Waals surface area contributed by atoms with Crippen LogP contribution in [0.4, 0.5) is 5.69 Å². The second-order valence-electron chi connectivity index (χ2n) is 4.81. The smallest absolute Gasteiger partial charge is 0.336 e. The number of hydrogen-bond donors (Lipinski definition) is 2. The minimum absolute atomic E-state index is 0.143. The van der Waals surface area contributed by atoms with E-state index in [0.29, 0.717) is 34.2 Å². The number of carbonyl (C=O) groups is 2. The summed E-state index contributed by atoms with van der Waals surface area (Å²) in [6, 6.07) is 9.45. The topological polar surface area (TPSA) is 75.6 Å². The van der Waals surface area contributed by atoms with Gasteiger partial charge in [0, 0.05) is 10.7 Å². The van der Waals surface area contributed by atoms with Crippen molar-refractivity contribution in [3.8, 4) is 5.75 Å². The van der Waals surface area contributed by atoms with E-state index < -0.39 is 11.9 Å². The average molecular weight is 334 g/mol. The number of hydrogen-bond acceptors (Lipinski definition) is 3. The Hall–Kier alpha value is -2.53. The summed E-state index contributed by atoms with van der Waals surface area (Å²) < 4.78 is 5.43. The van der Waals surface area contributed by atoms with Crippen molar-refractivity contribution >= 4 is 29.2 Å². The molecule has 0 aliphatic heterocycles. The highest BCUT2D eigenvalue weighted by Crippen LogP contribution is 2.26. The molecule has 0 aromatic heterocycles. The van der Waals surface area contributed by atoms with Gasteiger partial charge >= 0.3 is 5.97 Å². The highest BCUT2D eigenvalue weighted by molar-refractivity contribution is 6.31.